The molecule has 4 saturated carbocycles. The van der Waals surface area contributed by atoms with Crippen molar-refractivity contribution in [1.82, 2.24) is 10.2 Å². The van der Waals surface area contributed by atoms with Crippen molar-refractivity contribution in [3.8, 4) is 0 Å². The average Bonchev–Trinajstić information content (AvgIpc) is 2.67. The molecule has 0 saturated heterocycles. The Bertz CT molecular complexity index is 331. The van der Waals surface area contributed by atoms with E-state index in [0.717, 1.165) is 17.8 Å². The molecule has 0 spiro atoms. The molecule has 4 aliphatic rings. The van der Waals surface area contributed by atoms with Crippen molar-refractivity contribution >= 4 is 0 Å². The Kier molecular flexibility index (Phi) is 1.48. The summed E-state index contributed by atoms with van der Waals surface area (Å²) >= 11 is 0. The summed E-state index contributed by atoms with van der Waals surface area (Å²) in [6.45, 7) is 0. The van der Waals surface area contributed by atoms with E-state index < -0.39 is 0 Å². The van der Waals surface area contributed by atoms with E-state index >= 15 is 0 Å². The van der Waals surface area contributed by atoms with Gasteiger partial charge >= 0.3 is 0 Å². The molecule has 0 amide bonds. The summed E-state index contributed by atoms with van der Waals surface area (Å²) < 4.78 is 0. The highest BCUT2D eigenvalue weighted by Gasteiger charge is 2.52. The van der Waals surface area contributed by atoms with Gasteiger partial charge in [-0.3, -0.25) is 5.10 Å². The van der Waals surface area contributed by atoms with Crippen LogP contribution in [0.2, 0.25) is 0 Å². The zero-order chi connectivity index (χ0) is 9.88. The molecule has 1 aromatic heterocycles. The molecule has 1 heterocycles. The molecule has 0 radical (unpaired) electrons. The predicted molar refractivity (Wildman–Crippen MR) is 58.4 cm³/mol. The van der Waals surface area contributed by atoms with Gasteiger partial charge in [-0.2, -0.15) is 5.10 Å². The number of hydrogen-bond donors (Lipinski definition) is 1. The van der Waals surface area contributed by atoms with Gasteiger partial charge in [0.25, 0.3) is 0 Å². The van der Waals surface area contributed by atoms with Crippen LogP contribution in [-0.2, 0) is 5.41 Å². The lowest BCUT2D eigenvalue weighted by molar-refractivity contribution is -0.00721. The minimum absolute atomic E-state index is 0.505. The highest BCUT2D eigenvalue weighted by molar-refractivity contribution is 5.21. The van der Waals surface area contributed by atoms with Crippen LogP contribution < -0.4 is 0 Å². The number of H-pyrrole nitrogens is 1. The molecular weight excluding hydrogens is 184 g/mol. The molecule has 0 aliphatic heterocycles. The summed E-state index contributed by atoms with van der Waals surface area (Å²) in [5.41, 5.74) is 1.94. The first kappa shape index (κ1) is 8.37. The molecule has 2 nitrogen and oxygen atoms in total. The third-order valence-electron chi connectivity index (χ3n) is 5.11. The molecule has 0 aromatic carbocycles. The van der Waals surface area contributed by atoms with Crippen molar-refractivity contribution in [1.29, 1.82) is 0 Å². The van der Waals surface area contributed by atoms with Crippen molar-refractivity contribution in [3.63, 3.8) is 0 Å². The lowest BCUT2D eigenvalue weighted by Gasteiger charge is -2.56. The standard InChI is InChI=1S/C13H18N2/c1-2-14-15-12(1)13-6-9-3-10(7-13)5-11(4-9)8-13/h1-2,9-11H,3-8H2,(H,14,15). The summed E-state index contributed by atoms with van der Waals surface area (Å²) in [6.07, 6.45) is 10.8. The normalized spacial score (nSPS) is 47.3. The van der Waals surface area contributed by atoms with Crippen molar-refractivity contribution in [3.05, 3.63) is 18.0 Å². The first-order chi connectivity index (χ1) is 7.34. The number of nitrogens with zero attached hydrogens (tertiary/aromatic N) is 1. The predicted octanol–water partition coefficient (Wildman–Crippen LogP) is 2.88. The molecule has 5 rings (SSSR count). The number of hydrogen-bond acceptors (Lipinski definition) is 1. The maximum atomic E-state index is 4.15. The quantitative estimate of drug-likeness (QED) is 0.745. The smallest absolute Gasteiger partial charge is 0.0490 e. The molecule has 4 fully saturated rings. The Morgan fingerprint density at radius 2 is 1.67 bits per heavy atom. The maximum absolute atomic E-state index is 4.15. The zero-order valence-corrected chi connectivity index (χ0v) is 9.08. The van der Waals surface area contributed by atoms with E-state index in [2.05, 4.69) is 16.3 Å². The fourth-order valence-electron chi connectivity index (χ4n) is 4.99. The summed E-state index contributed by atoms with van der Waals surface area (Å²) in [5, 5.41) is 7.40. The second kappa shape index (κ2) is 2.66. The van der Waals surface area contributed by atoms with Gasteiger partial charge in [0, 0.05) is 17.3 Å². The SMILES string of the molecule is c1cc(C23CC4CC(CC(C4)C2)C3)[nH]n1. The number of aromatic nitrogens is 2. The van der Waals surface area contributed by atoms with Crippen LogP contribution in [0.15, 0.2) is 12.3 Å². The third kappa shape index (κ3) is 1.08. The fourth-order valence-corrected chi connectivity index (χ4v) is 4.99. The Hall–Kier alpha value is -0.790. The Labute approximate surface area is 90.5 Å². The monoisotopic (exact) mass is 202 g/mol. The second-order valence-corrected chi connectivity index (χ2v) is 6.17. The minimum Gasteiger partial charge on any atom is -0.282 e. The zero-order valence-electron chi connectivity index (χ0n) is 9.08. The van der Waals surface area contributed by atoms with Gasteiger partial charge in [0.05, 0.1) is 0 Å². The number of rotatable bonds is 1. The van der Waals surface area contributed by atoms with E-state index in [9.17, 15) is 0 Å². The summed E-state index contributed by atoms with van der Waals surface area (Å²) in [5.74, 6) is 3.08. The van der Waals surface area contributed by atoms with Gasteiger partial charge in [0.15, 0.2) is 0 Å². The van der Waals surface area contributed by atoms with E-state index in [1.807, 2.05) is 6.20 Å². The molecule has 2 heteroatoms. The molecule has 0 atom stereocenters. The Morgan fingerprint density at radius 3 is 2.13 bits per heavy atom. The van der Waals surface area contributed by atoms with E-state index in [1.165, 1.54) is 44.2 Å². The van der Waals surface area contributed by atoms with Crippen LogP contribution in [0.5, 0.6) is 0 Å². The first-order valence-corrected chi connectivity index (χ1v) is 6.34. The fraction of sp³-hybridized carbons (Fsp3) is 0.769. The summed E-state index contributed by atoms with van der Waals surface area (Å²) in [6, 6.07) is 2.22. The molecule has 80 valence electrons. The van der Waals surface area contributed by atoms with Crippen molar-refractivity contribution in [2.24, 2.45) is 17.8 Å². The van der Waals surface area contributed by atoms with Crippen LogP contribution in [-0.4, -0.2) is 10.2 Å². The lowest BCUT2D eigenvalue weighted by atomic mass is 9.49. The number of nitrogens with one attached hydrogen (secondary N) is 1. The molecule has 4 aliphatic carbocycles. The number of aromatic amines is 1. The minimum atomic E-state index is 0.505. The second-order valence-electron chi connectivity index (χ2n) is 6.17. The van der Waals surface area contributed by atoms with Gasteiger partial charge in [-0.15, -0.1) is 0 Å². The summed E-state index contributed by atoms with van der Waals surface area (Å²) in [4.78, 5) is 0. The van der Waals surface area contributed by atoms with Crippen LogP contribution in [0.25, 0.3) is 0 Å². The van der Waals surface area contributed by atoms with Crippen molar-refractivity contribution in [2.75, 3.05) is 0 Å². The first-order valence-electron chi connectivity index (χ1n) is 6.34. The highest BCUT2D eigenvalue weighted by atomic mass is 15.1. The third-order valence-corrected chi connectivity index (χ3v) is 5.11. The maximum Gasteiger partial charge on any atom is 0.0490 e. The van der Waals surface area contributed by atoms with E-state index in [4.69, 9.17) is 0 Å². The molecule has 0 unspecified atom stereocenters. The highest BCUT2D eigenvalue weighted by Crippen LogP contribution is 2.60. The largest absolute Gasteiger partial charge is 0.282 e. The summed E-state index contributed by atoms with van der Waals surface area (Å²) in [7, 11) is 0. The Morgan fingerprint density at radius 1 is 1.07 bits per heavy atom. The lowest BCUT2D eigenvalue weighted by Crippen LogP contribution is -2.48. The van der Waals surface area contributed by atoms with Gasteiger partial charge < -0.3 is 0 Å². The van der Waals surface area contributed by atoms with Crippen LogP contribution in [0.3, 0.4) is 0 Å². The molecule has 1 N–H and O–H groups in total. The van der Waals surface area contributed by atoms with Crippen molar-refractivity contribution in [2.45, 2.75) is 43.9 Å². The average molecular weight is 202 g/mol. The van der Waals surface area contributed by atoms with Gasteiger partial charge in [-0.05, 0) is 62.3 Å². The van der Waals surface area contributed by atoms with Gasteiger partial charge in [0.2, 0.25) is 0 Å². The molecular formula is C13H18N2. The van der Waals surface area contributed by atoms with E-state index in [-0.39, 0.29) is 0 Å². The Balaban J connectivity index is 1.77. The molecule has 1 aromatic rings. The van der Waals surface area contributed by atoms with Crippen LogP contribution in [0, 0.1) is 17.8 Å². The topological polar surface area (TPSA) is 28.7 Å². The van der Waals surface area contributed by atoms with Gasteiger partial charge in [-0.25, -0.2) is 0 Å². The van der Waals surface area contributed by atoms with Gasteiger partial charge in [0.1, 0.15) is 0 Å². The van der Waals surface area contributed by atoms with Gasteiger partial charge in [-0.1, -0.05) is 0 Å². The van der Waals surface area contributed by atoms with Crippen LogP contribution in [0.4, 0.5) is 0 Å². The molecule has 15 heavy (non-hydrogen) atoms. The van der Waals surface area contributed by atoms with Crippen LogP contribution in [0.1, 0.15) is 44.2 Å². The van der Waals surface area contributed by atoms with E-state index in [1.54, 1.807) is 0 Å². The van der Waals surface area contributed by atoms with Crippen LogP contribution >= 0.6 is 0 Å². The van der Waals surface area contributed by atoms with E-state index in [0.29, 0.717) is 5.41 Å². The van der Waals surface area contributed by atoms with Crippen molar-refractivity contribution < 1.29 is 0 Å². The molecule has 4 bridgehead atoms.